The van der Waals surface area contributed by atoms with Gasteiger partial charge in [-0.25, -0.2) is 0 Å². The van der Waals surface area contributed by atoms with Crippen LogP contribution in [0.3, 0.4) is 0 Å². The first-order valence-corrected chi connectivity index (χ1v) is 10.5. The molecule has 1 aromatic carbocycles. The van der Waals surface area contributed by atoms with E-state index in [1.165, 1.54) is 5.56 Å². The summed E-state index contributed by atoms with van der Waals surface area (Å²) >= 11 is 0. The number of likely N-dealkylation sites (N-methyl/N-ethyl adjacent to an activating group) is 1. The maximum atomic E-state index is 13.0. The molecule has 158 valence electrons. The van der Waals surface area contributed by atoms with E-state index >= 15 is 0 Å². The lowest BCUT2D eigenvalue weighted by Crippen LogP contribution is -2.38. The first kappa shape index (κ1) is 21.7. The third-order valence-corrected chi connectivity index (χ3v) is 5.75. The number of carbonyl (C=O) groups excluding carboxylic acids is 2. The largest absolute Gasteiger partial charge is 0.507 e. The topological polar surface area (TPSA) is 73.7 Å². The number of aliphatic hydroxyl groups is 1. The van der Waals surface area contributed by atoms with Gasteiger partial charge in [0.15, 0.2) is 0 Å². The Kier molecular flexibility index (Phi) is 7.00. The van der Waals surface area contributed by atoms with Crippen LogP contribution in [0.15, 0.2) is 54.4 Å². The second kappa shape index (κ2) is 9.67. The summed E-state index contributed by atoms with van der Waals surface area (Å²) in [6.45, 7) is 9.04. The maximum absolute atomic E-state index is 13.0. The van der Waals surface area contributed by atoms with E-state index in [9.17, 15) is 14.7 Å². The van der Waals surface area contributed by atoms with Gasteiger partial charge in [-0.05, 0) is 42.8 Å². The Balaban J connectivity index is 2.07. The second-order valence-electron chi connectivity index (χ2n) is 7.35. The minimum absolute atomic E-state index is 0.134. The van der Waals surface area contributed by atoms with Crippen molar-refractivity contribution in [3.05, 3.63) is 71.1 Å². The van der Waals surface area contributed by atoms with Gasteiger partial charge in [0.25, 0.3) is 11.7 Å². The van der Waals surface area contributed by atoms with Crippen LogP contribution in [0, 0.1) is 0 Å². The van der Waals surface area contributed by atoms with Gasteiger partial charge in [-0.15, -0.1) is 0 Å². The number of aryl methyl sites for hydroxylation is 1. The van der Waals surface area contributed by atoms with Gasteiger partial charge in [-0.2, -0.15) is 0 Å². The molecule has 0 bridgehead atoms. The van der Waals surface area contributed by atoms with E-state index < -0.39 is 17.7 Å². The molecule has 1 N–H and O–H groups in total. The Morgan fingerprint density at radius 2 is 1.67 bits per heavy atom. The van der Waals surface area contributed by atoms with E-state index in [4.69, 9.17) is 0 Å². The van der Waals surface area contributed by atoms with Crippen molar-refractivity contribution in [3.63, 3.8) is 0 Å². The Morgan fingerprint density at radius 1 is 1.03 bits per heavy atom. The molecule has 0 saturated carbocycles. The minimum Gasteiger partial charge on any atom is -0.507 e. The van der Waals surface area contributed by atoms with Crippen LogP contribution in [0.2, 0.25) is 0 Å². The number of Topliss-reactive ketones (excluding diaryl/α,β-unsaturated/α-hetero) is 1. The van der Waals surface area contributed by atoms with Crippen LogP contribution in [0.5, 0.6) is 0 Å². The molecule has 1 aliphatic rings. The average Bonchev–Trinajstić information content (AvgIpc) is 3.04. The molecule has 2 aromatic rings. The molecule has 30 heavy (non-hydrogen) atoms. The molecule has 1 amide bonds. The van der Waals surface area contributed by atoms with Crippen molar-refractivity contribution in [1.29, 1.82) is 0 Å². The fourth-order valence-corrected chi connectivity index (χ4v) is 3.85. The Morgan fingerprint density at radius 3 is 2.23 bits per heavy atom. The molecule has 1 aliphatic heterocycles. The van der Waals surface area contributed by atoms with Crippen molar-refractivity contribution < 1.29 is 14.7 Å². The second-order valence-corrected chi connectivity index (χ2v) is 7.35. The zero-order valence-electron chi connectivity index (χ0n) is 17.8. The lowest BCUT2D eigenvalue weighted by Gasteiger charge is -2.28. The first-order chi connectivity index (χ1) is 14.5. The third-order valence-electron chi connectivity index (χ3n) is 5.75. The number of nitrogens with zero attached hydrogens (tertiary/aromatic N) is 3. The summed E-state index contributed by atoms with van der Waals surface area (Å²) in [5, 5.41) is 11.0. The van der Waals surface area contributed by atoms with E-state index in [0.717, 1.165) is 25.1 Å². The number of amides is 1. The number of ketones is 1. The summed E-state index contributed by atoms with van der Waals surface area (Å²) in [6.07, 6.45) is 4.01. The number of aromatic nitrogens is 1. The van der Waals surface area contributed by atoms with Gasteiger partial charge in [0.2, 0.25) is 0 Å². The lowest BCUT2D eigenvalue weighted by molar-refractivity contribution is -0.140. The number of hydrogen-bond acceptors (Lipinski definition) is 5. The molecular weight excluding hydrogens is 378 g/mol. The van der Waals surface area contributed by atoms with Gasteiger partial charge in [-0.1, -0.05) is 45.0 Å². The van der Waals surface area contributed by atoms with Gasteiger partial charge in [0.05, 0.1) is 11.6 Å². The molecule has 1 aromatic heterocycles. The van der Waals surface area contributed by atoms with Crippen LogP contribution in [-0.4, -0.2) is 57.8 Å². The molecule has 1 fully saturated rings. The SMILES string of the molecule is CCc1ccc(C2/C(=C(\O)c3ccncc3)C(=O)C(=O)N2CCN(CC)CC)cc1. The number of aliphatic hydroxyl groups excluding tert-OH is 1. The summed E-state index contributed by atoms with van der Waals surface area (Å²) in [5.41, 5.74) is 2.60. The normalized spacial score (nSPS) is 18.4. The molecule has 2 heterocycles. The molecule has 1 saturated heterocycles. The summed E-state index contributed by atoms with van der Waals surface area (Å²) in [4.78, 5) is 33.7. The standard InChI is InChI=1S/C24H29N3O3/c1-4-17-7-9-18(10-8-17)21-20(22(28)19-11-13-25-14-12-19)23(29)24(30)27(21)16-15-26(5-2)6-3/h7-14,21,28H,4-6,15-16H2,1-3H3/b22-20+. The number of carbonyl (C=O) groups is 2. The average molecular weight is 408 g/mol. The molecule has 3 rings (SSSR count). The van der Waals surface area contributed by atoms with Gasteiger partial charge in [0, 0.05) is 31.0 Å². The number of likely N-dealkylation sites (tertiary alicyclic amines) is 1. The molecule has 0 aliphatic carbocycles. The Labute approximate surface area is 177 Å². The molecule has 0 radical (unpaired) electrons. The van der Waals surface area contributed by atoms with Crippen molar-refractivity contribution in [2.24, 2.45) is 0 Å². The Hall–Kier alpha value is -2.99. The summed E-state index contributed by atoms with van der Waals surface area (Å²) in [7, 11) is 0. The van der Waals surface area contributed by atoms with E-state index in [1.54, 1.807) is 29.4 Å². The van der Waals surface area contributed by atoms with Crippen molar-refractivity contribution >= 4 is 17.4 Å². The lowest BCUT2D eigenvalue weighted by atomic mass is 9.94. The van der Waals surface area contributed by atoms with Crippen molar-refractivity contribution in [1.82, 2.24) is 14.8 Å². The van der Waals surface area contributed by atoms with Gasteiger partial charge >= 0.3 is 0 Å². The predicted octanol–water partition coefficient (Wildman–Crippen LogP) is 3.41. The van der Waals surface area contributed by atoms with Crippen LogP contribution < -0.4 is 0 Å². The van der Waals surface area contributed by atoms with E-state index in [0.29, 0.717) is 18.7 Å². The van der Waals surface area contributed by atoms with Crippen LogP contribution in [-0.2, 0) is 16.0 Å². The highest BCUT2D eigenvalue weighted by Crippen LogP contribution is 2.39. The molecule has 6 nitrogen and oxygen atoms in total. The van der Waals surface area contributed by atoms with Crippen molar-refractivity contribution in [2.45, 2.75) is 33.2 Å². The predicted molar refractivity (Wildman–Crippen MR) is 117 cm³/mol. The summed E-state index contributed by atoms with van der Waals surface area (Å²) in [6, 6.07) is 10.6. The van der Waals surface area contributed by atoms with Gasteiger partial charge < -0.3 is 14.9 Å². The molecule has 0 spiro atoms. The summed E-state index contributed by atoms with van der Waals surface area (Å²) < 4.78 is 0. The minimum atomic E-state index is -0.645. The van der Waals surface area contributed by atoms with Crippen LogP contribution >= 0.6 is 0 Å². The fourth-order valence-electron chi connectivity index (χ4n) is 3.85. The third kappa shape index (κ3) is 4.28. The van der Waals surface area contributed by atoms with Gasteiger partial charge in [0.1, 0.15) is 5.76 Å². The number of benzene rings is 1. The molecule has 1 atom stereocenters. The van der Waals surface area contributed by atoms with E-state index in [1.807, 2.05) is 24.3 Å². The maximum Gasteiger partial charge on any atom is 0.295 e. The quantitative estimate of drug-likeness (QED) is 0.412. The van der Waals surface area contributed by atoms with E-state index in [-0.39, 0.29) is 11.3 Å². The highest BCUT2D eigenvalue weighted by molar-refractivity contribution is 6.46. The van der Waals surface area contributed by atoms with Crippen LogP contribution in [0.1, 0.15) is 43.5 Å². The number of pyridine rings is 1. The highest BCUT2D eigenvalue weighted by Gasteiger charge is 2.45. The van der Waals surface area contributed by atoms with Crippen LogP contribution in [0.25, 0.3) is 5.76 Å². The molecule has 1 unspecified atom stereocenters. The monoisotopic (exact) mass is 407 g/mol. The van der Waals surface area contributed by atoms with E-state index in [2.05, 4.69) is 30.7 Å². The zero-order chi connectivity index (χ0) is 21.7. The van der Waals surface area contributed by atoms with Crippen LogP contribution in [0.4, 0.5) is 0 Å². The smallest absolute Gasteiger partial charge is 0.295 e. The molecular formula is C24H29N3O3. The van der Waals surface area contributed by atoms with Gasteiger partial charge in [-0.3, -0.25) is 14.6 Å². The molecule has 6 heteroatoms. The fraction of sp³-hybridized carbons (Fsp3) is 0.375. The zero-order valence-corrected chi connectivity index (χ0v) is 17.8. The summed E-state index contributed by atoms with van der Waals surface area (Å²) in [5.74, 6) is -1.37. The first-order valence-electron chi connectivity index (χ1n) is 10.5. The number of rotatable bonds is 8. The van der Waals surface area contributed by atoms with Crippen molar-refractivity contribution in [2.75, 3.05) is 26.2 Å². The Bertz CT molecular complexity index is 918. The number of hydrogen-bond donors (Lipinski definition) is 1. The highest BCUT2D eigenvalue weighted by atomic mass is 16.3. The van der Waals surface area contributed by atoms with Crippen molar-refractivity contribution in [3.8, 4) is 0 Å².